The van der Waals surface area contributed by atoms with E-state index in [0.717, 1.165) is 15.6 Å². The van der Waals surface area contributed by atoms with Crippen molar-refractivity contribution in [3.8, 4) is 5.13 Å². The predicted molar refractivity (Wildman–Crippen MR) is 82.4 cm³/mol. The highest BCUT2D eigenvalue weighted by Crippen LogP contribution is 2.31. The second-order valence-corrected chi connectivity index (χ2v) is 6.98. The van der Waals surface area contributed by atoms with Gasteiger partial charge in [-0.05, 0) is 25.8 Å². The number of alkyl halides is 3. The van der Waals surface area contributed by atoms with Crippen molar-refractivity contribution in [2.75, 3.05) is 13.1 Å². The Hall–Kier alpha value is -2.01. The van der Waals surface area contributed by atoms with Gasteiger partial charge < -0.3 is 10.0 Å². The molecule has 136 valence electrons. The SMILES string of the molecule is Cc1nnc(-n2nccc2C2CCN(C(=O)C(O)C(F)(F)F)CC2)s1. The third-order valence-corrected chi connectivity index (χ3v) is 4.95. The summed E-state index contributed by atoms with van der Waals surface area (Å²) in [5.41, 5.74) is 0.889. The molecule has 3 heterocycles. The average Bonchev–Trinajstić information content (AvgIpc) is 3.21. The van der Waals surface area contributed by atoms with Crippen LogP contribution in [-0.4, -0.2) is 61.3 Å². The number of carbonyl (C=O) groups is 1. The molecule has 1 amide bonds. The van der Waals surface area contributed by atoms with E-state index in [1.165, 1.54) is 11.3 Å². The van der Waals surface area contributed by atoms with Crippen LogP contribution < -0.4 is 0 Å². The summed E-state index contributed by atoms with van der Waals surface area (Å²) in [4.78, 5) is 12.8. The number of aliphatic hydroxyl groups excluding tert-OH is 1. The lowest BCUT2D eigenvalue weighted by atomic mass is 9.93. The molecule has 0 bridgehead atoms. The summed E-state index contributed by atoms with van der Waals surface area (Å²) >= 11 is 1.39. The number of halogens is 3. The molecule has 0 spiro atoms. The van der Waals surface area contributed by atoms with E-state index in [2.05, 4.69) is 15.3 Å². The number of hydrogen-bond acceptors (Lipinski definition) is 6. The number of nitrogens with zero attached hydrogens (tertiary/aromatic N) is 5. The number of likely N-dealkylation sites (tertiary alicyclic amines) is 1. The van der Waals surface area contributed by atoms with Crippen molar-refractivity contribution in [2.45, 2.75) is 38.0 Å². The zero-order valence-corrected chi connectivity index (χ0v) is 14.1. The molecule has 11 heteroatoms. The molecule has 0 saturated carbocycles. The molecule has 1 aliphatic heterocycles. The van der Waals surface area contributed by atoms with Crippen LogP contribution >= 0.6 is 11.3 Å². The first-order valence-electron chi connectivity index (χ1n) is 7.65. The van der Waals surface area contributed by atoms with Gasteiger partial charge in [-0.15, -0.1) is 10.2 Å². The second kappa shape index (κ2) is 6.71. The van der Waals surface area contributed by atoms with Crippen LogP contribution in [0.3, 0.4) is 0 Å². The largest absolute Gasteiger partial charge is 0.423 e. The van der Waals surface area contributed by atoms with Crippen LogP contribution in [0.2, 0.25) is 0 Å². The van der Waals surface area contributed by atoms with Crippen LogP contribution in [0.4, 0.5) is 13.2 Å². The van der Waals surface area contributed by atoms with Gasteiger partial charge in [-0.25, -0.2) is 4.68 Å². The molecule has 0 radical (unpaired) electrons. The molecule has 1 aliphatic rings. The van der Waals surface area contributed by atoms with Crippen LogP contribution in [0.5, 0.6) is 0 Å². The monoisotopic (exact) mass is 375 g/mol. The standard InChI is InChI=1S/C14H16F3N5O2S/c1-8-19-20-13(25-8)22-10(2-5-18-22)9-3-6-21(7-4-9)12(24)11(23)14(15,16)17/h2,5,9,11,23H,3-4,6-7H2,1H3. The molecule has 1 saturated heterocycles. The topological polar surface area (TPSA) is 84.1 Å². The minimum absolute atomic E-state index is 0.0405. The lowest BCUT2D eigenvalue weighted by Gasteiger charge is -2.33. The van der Waals surface area contributed by atoms with Gasteiger partial charge in [0.05, 0.1) is 5.69 Å². The molecule has 3 rings (SSSR count). The highest BCUT2D eigenvalue weighted by atomic mass is 32.1. The lowest BCUT2D eigenvalue weighted by Crippen LogP contribution is -2.49. The van der Waals surface area contributed by atoms with Gasteiger partial charge in [0.15, 0.2) is 0 Å². The average molecular weight is 375 g/mol. The number of rotatable bonds is 3. The Labute approximate surface area is 145 Å². The highest BCUT2D eigenvalue weighted by molar-refractivity contribution is 7.13. The van der Waals surface area contributed by atoms with Gasteiger partial charge in [0.2, 0.25) is 11.2 Å². The molecule has 7 nitrogen and oxygen atoms in total. The van der Waals surface area contributed by atoms with Gasteiger partial charge in [-0.3, -0.25) is 4.79 Å². The van der Waals surface area contributed by atoms with E-state index in [1.54, 1.807) is 10.9 Å². The summed E-state index contributed by atoms with van der Waals surface area (Å²) in [5.74, 6) is -1.25. The molecular formula is C14H16F3N5O2S. The Morgan fingerprint density at radius 1 is 1.36 bits per heavy atom. The number of aryl methyl sites for hydroxylation is 1. The van der Waals surface area contributed by atoms with Crippen molar-refractivity contribution in [1.29, 1.82) is 0 Å². The van der Waals surface area contributed by atoms with Gasteiger partial charge >= 0.3 is 6.18 Å². The molecule has 1 atom stereocenters. The van der Waals surface area contributed by atoms with Gasteiger partial charge in [-0.2, -0.15) is 18.3 Å². The van der Waals surface area contributed by atoms with Crippen molar-refractivity contribution in [3.63, 3.8) is 0 Å². The van der Waals surface area contributed by atoms with E-state index >= 15 is 0 Å². The molecule has 2 aromatic heterocycles. The third kappa shape index (κ3) is 3.66. The fourth-order valence-electron chi connectivity index (χ4n) is 2.86. The zero-order valence-electron chi connectivity index (χ0n) is 13.3. The molecule has 1 unspecified atom stereocenters. The quantitative estimate of drug-likeness (QED) is 0.882. The van der Waals surface area contributed by atoms with Crippen molar-refractivity contribution in [1.82, 2.24) is 24.9 Å². The maximum atomic E-state index is 12.5. The van der Waals surface area contributed by atoms with E-state index in [0.29, 0.717) is 18.0 Å². The van der Waals surface area contributed by atoms with Crippen molar-refractivity contribution in [3.05, 3.63) is 23.0 Å². The fourth-order valence-corrected chi connectivity index (χ4v) is 3.53. The first kappa shape index (κ1) is 17.8. The number of amides is 1. The van der Waals surface area contributed by atoms with E-state index in [1.807, 2.05) is 13.0 Å². The summed E-state index contributed by atoms with van der Waals surface area (Å²) in [6, 6.07) is 1.84. The summed E-state index contributed by atoms with van der Waals surface area (Å²) in [7, 11) is 0. The molecule has 0 aliphatic carbocycles. The number of aliphatic hydroxyl groups is 1. The number of aromatic nitrogens is 4. The number of carbonyl (C=O) groups excluding carboxylic acids is 1. The van der Waals surface area contributed by atoms with Crippen LogP contribution in [0.15, 0.2) is 12.3 Å². The van der Waals surface area contributed by atoms with Gasteiger partial charge in [0.25, 0.3) is 5.91 Å². The van der Waals surface area contributed by atoms with Gasteiger partial charge in [0.1, 0.15) is 5.01 Å². The Bertz CT molecular complexity index is 752. The van der Waals surface area contributed by atoms with E-state index in [-0.39, 0.29) is 19.0 Å². The Morgan fingerprint density at radius 2 is 2.04 bits per heavy atom. The highest BCUT2D eigenvalue weighted by Gasteiger charge is 2.46. The first-order chi connectivity index (χ1) is 11.8. The number of piperidine rings is 1. The van der Waals surface area contributed by atoms with Crippen molar-refractivity contribution in [2.24, 2.45) is 0 Å². The molecule has 1 N–H and O–H groups in total. The van der Waals surface area contributed by atoms with Gasteiger partial charge in [-0.1, -0.05) is 11.3 Å². The Kier molecular flexibility index (Phi) is 4.78. The lowest BCUT2D eigenvalue weighted by molar-refractivity contribution is -0.211. The minimum atomic E-state index is -4.94. The molecule has 25 heavy (non-hydrogen) atoms. The third-order valence-electron chi connectivity index (χ3n) is 4.14. The van der Waals surface area contributed by atoms with Gasteiger partial charge in [0, 0.05) is 25.2 Å². The van der Waals surface area contributed by atoms with Crippen molar-refractivity contribution >= 4 is 17.2 Å². The first-order valence-corrected chi connectivity index (χ1v) is 8.47. The predicted octanol–water partition coefficient (Wildman–Crippen LogP) is 1.66. The van der Waals surface area contributed by atoms with E-state index < -0.39 is 18.2 Å². The fraction of sp³-hybridized carbons (Fsp3) is 0.571. The minimum Gasteiger partial charge on any atom is -0.376 e. The van der Waals surface area contributed by atoms with Crippen LogP contribution in [0.1, 0.15) is 29.5 Å². The van der Waals surface area contributed by atoms with Crippen LogP contribution in [-0.2, 0) is 4.79 Å². The summed E-state index contributed by atoms with van der Waals surface area (Å²) < 4.78 is 39.1. The zero-order chi connectivity index (χ0) is 18.2. The molecular weight excluding hydrogens is 359 g/mol. The summed E-state index contributed by atoms with van der Waals surface area (Å²) in [5, 5.41) is 22.8. The summed E-state index contributed by atoms with van der Waals surface area (Å²) in [6.07, 6.45) is -5.29. The molecule has 2 aromatic rings. The van der Waals surface area contributed by atoms with Crippen LogP contribution in [0, 0.1) is 6.92 Å². The molecule has 1 fully saturated rings. The normalized spacial score (nSPS) is 17.7. The maximum Gasteiger partial charge on any atom is 0.423 e. The maximum absolute atomic E-state index is 12.5. The molecule has 0 aromatic carbocycles. The smallest absolute Gasteiger partial charge is 0.376 e. The second-order valence-electron chi connectivity index (χ2n) is 5.82. The van der Waals surface area contributed by atoms with Crippen LogP contribution in [0.25, 0.3) is 5.13 Å². The van der Waals surface area contributed by atoms with E-state index in [4.69, 9.17) is 5.11 Å². The number of hydrogen-bond donors (Lipinski definition) is 1. The van der Waals surface area contributed by atoms with Crippen molar-refractivity contribution < 1.29 is 23.1 Å². The van der Waals surface area contributed by atoms with E-state index in [9.17, 15) is 18.0 Å². The Balaban J connectivity index is 1.68. The summed E-state index contributed by atoms with van der Waals surface area (Å²) in [6.45, 7) is 2.13. The Morgan fingerprint density at radius 3 is 2.60 bits per heavy atom.